The maximum atomic E-state index is 13.0. The maximum absolute atomic E-state index is 13.0. The minimum absolute atomic E-state index is 0.105. The van der Waals surface area contributed by atoms with Gasteiger partial charge >= 0.3 is 0 Å². The molecule has 0 aromatic heterocycles. The summed E-state index contributed by atoms with van der Waals surface area (Å²) in [6.07, 6.45) is 0. The van der Waals surface area contributed by atoms with E-state index >= 15 is 0 Å². The molecule has 0 bridgehead atoms. The fourth-order valence-electron chi connectivity index (χ4n) is 2.69. The highest BCUT2D eigenvalue weighted by Crippen LogP contribution is 2.19. The van der Waals surface area contributed by atoms with Crippen LogP contribution in [0.4, 0.5) is 4.39 Å². The molecular weight excluding hydrogens is 289 g/mol. The van der Waals surface area contributed by atoms with E-state index in [1.165, 1.54) is 12.1 Å². The van der Waals surface area contributed by atoms with Crippen molar-refractivity contribution in [1.82, 2.24) is 15.1 Å². The van der Waals surface area contributed by atoms with Crippen LogP contribution in [0.2, 0.25) is 5.02 Å². The second-order valence-corrected chi connectivity index (χ2v) is 6.85. The highest BCUT2D eigenvalue weighted by molar-refractivity contribution is 6.31. The Morgan fingerprint density at radius 2 is 1.90 bits per heavy atom. The molecule has 0 aliphatic carbocycles. The van der Waals surface area contributed by atoms with Gasteiger partial charge in [-0.05, 0) is 38.6 Å². The normalized spacial score (nSPS) is 18.1. The summed E-state index contributed by atoms with van der Waals surface area (Å²) in [4.78, 5) is 4.88. The zero-order valence-electron chi connectivity index (χ0n) is 13.1. The number of piperazine rings is 1. The third-order valence-corrected chi connectivity index (χ3v) is 4.60. The van der Waals surface area contributed by atoms with Gasteiger partial charge in [0, 0.05) is 49.8 Å². The second kappa shape index (κ2) is 7.05. The molecule has 1 heterocycles. The van der Waals surface area contributed by atoms with Crippen LogP contribution in [0.5, 0.6) is 0 Å². The summed E-state index contributed by atoms with van der Waals surface area (Å²) in [5, 5.41) is 3.93. The standard InChI is InChI=1S/C16H25ClFN3/c1-16(2,21-8-6-20(3)7-9-21)12-19-11-13-4-5-14(18)10-15(13)17/h4-5,10,19H,6-9,11-12H2,1-3H3. The summed E-state index contributed by atoms with van der Waals surface area (Å²) in [6, 6.07) is 4.56. The van der Waals surface area contributed by atoms with Gasteiger partial charge < -0.3 is 10.2 Å². The number of hydrogen-bond acceptors (Lipinski definition) is 3. The van der Waals surface area contributed by atoms with E-state index in [0.717, 1.165) is 38.3 Å². The largest absolute Gasteiger partial charge is 0.311 e. The number of halogens is 2. The first-order valence-electron chi connectivity index (χ1n) is 7.47. The van der Waals surface area contributed by atoms with Crippen molar-refractivity contribution in [1.29, 1.82) is 0 Å². The molecule has 5 heteroatoms. The quantitative estimate of drug-likeness (QED) is 0.901. The summed E-state index contributed by atoms with van der Waals surface area (Å²) < 4.78 is 13.0. The van der Waals surface area contributed by atoms with E-state index in [-0.39, 0.29) is 11.4 Å². The van der Waals surface area contributed by atoms with Gasteiger partial charge in [-0.1, -0.05) is 17.7 Å². The van der Waals surface area contributed by atoms with Gasteiger partial charge in [-0.25, -0.2) is 4.39 Å². The van der Waals surface area contributed by atoms with Crippen LogP contribution in [0.15, 0.2) is 18.2 Å². The Morgan fingerprint density at radius 3 is 2.52 bits per heavy atom. The van der Waals surface area contributed by atoms with Crippen molar-refractivity contribution >= 4 is 11.6 Å². The molecule has 1 fully saturated rings. The summed E-state index contributed by atoms with van der Waals surface area (Å²) >= 11 is 6.05. The van der Waals surface area contributed by atoms with Gasteiger partial charge in [0.05, 0.1) is 0 Å². The minimum Gasteiger partial charge on any atom is -0.311 e. The van der Waals surface area contributed by atoms with E-state index in [1.807, 2.05) is 0 Å². The molecule has 0 spiro atoms. The van der Waals surface area contributed by atoms with Gasteiger partial charge in [0.15, 0.2) is 0 Å². The third-order valence-electron chi connectivity index (χ3n) is 4.25. The van der Waals surface area contributed by atoms with Gasteiger partial charge in [0.25, 0.3) is 0 Å². The zero-order chi connectivity index (χ0) is 15.5. The van der Waals surface area contributed by atoms with E-state index < -0.39 is 0 Å². The van der Waals surface area contributed by atoms with Gasteiger partial charge in [-0.3, -0.25) is 4.90 Å². The lowest BCUT2D eigenvalue weighted by Gasteiger charge is -2.43. The summed E-state index contributed by atoms with van der Waals surface area (Å²) in [6.45, 7) is 10.5. The third kappa shape index (κ3) is 4.65. The van der Waals surface area contributed by atoms with E-state index in [0.29, 0.717) is 11.6 Å². The predicted octanol–water partition coefficient (Wildman–Crippen LogP) is 2.59. The Hall–Kier alpha value is -0.680. The van der Waals surface area contributed by atoms with Crippen LogP contribution < -0.4 is 5.32 Å². The van der Waals surface area contributed by atoms with E-state index in [9.17, 15) is 4.39 Å². The average Bonchev–Trinajstić information content (AvgIpc) is 2.41. The van der Waals surface area contributed by atoms with Crippen molar-refractivity contribution in [3.8, 4) is 0 Å². The molecule has 3 nitrogen and oxygen atoms in total. The fraction of sp³-hybridized carbons (Fsp3) is 0.625. The number of nitrogens with zero attached hydrogens (tertiary/aromatic N) is 2. The zero-order valence-corrected chi connectivity index (χ0v) is 13.9. The first kappa shape index (κ1) is 16.7. The van der Waals surface area contributed by atoms with E-state index in [2.05, 4.69) is 36.0 Å². The van der Waals surface area contributed by atoms with Crippen LogP contribution in [0.1, 0.15) is 19.4 Å². The van der Waals surface area contributed by atoms with Crippen molar-refractivity contribution in [2.75, 3.05) is 39.8 Å². The smallest absolute Gasteiger partial charge is 0.124 e. The first-order valence-corrected chi connectivity index (χ1v) is 7.84. The molecule has 0 saturated carbocycles. The van der Waals surface area contributed by atoms with Crippen molar-refractivity contribution in [2.24, 2.45) is 0 Å². The molecule has 2 rings (SSSR count). The van der Waals surface area contributed by atoms with E-state index in [1.54, 1.807) is 6.07 Å². The number of likely N-dealkylation sites (N-methyl/N-ethyl adjacent to an activating group) is 1. The molecule has 118 valence electrons. The molecule has 0 unspecified atom stereocenters. The van der Waals surface area contributed by atoms with Crippen LogP contribution in [0.25, 0.3) is 0 Å². The number of rotatable bonds is 5. The van der Waals surface area contributed by atoms with Crippen LogP contribution in [-0.4, -0.2) is 55.1 Å². The number of hydrogen-bond donors (Lipinski definition) is 1. The summed E-state index contributed by atoms with van der Waals surface area (Å²) in [5.41, 5.74) is 1.04. The Kier molecular flexibility index (Phi) is 5.60. The molecule has 1 aliphatic rings. The molecule has 1 aliphatic heterocycles. The molecule has 21 heavy (non-hydrogen) atoms. The molecule has 0 atom stereocenters. The number of nitrogens with one attached hydrogen (secondary N) is 1. The molecule has 0 amide bonds. The molecular formula is C16H25ClFN3. The second-order valence-electron chi connectivity index (χ2n) is 6.44. The topological polar surface area (TPSA) is 18.5 Å². The summed E-state index contributed by atoms with van der Waals surface area (Å²) in [7, 11) is 2.17. The Bertz CT molecular complexity index is 471. The molecule has 1 aromatic carbocycles. The van der Waals surface area contributed by atoms with Crippen LogP contribution >= 0.6 is 11.6 Å². The lowest BCUT2D eigenvalue weighted by Crippen LogP contribution is -2.57. The van der Waals surface area contributed by atoms with Crippen molar-refractivity contribution < 1.29 is 4.39 Å². The van der Waals surface area contributed by atoms with Gasteiger partial charge in [0.2, 0.25) is 0 Å². The highest BCUT2D eigenvalue weighted by Gasteiger charge is 2.28. The van der Waals surface area contributed by atoms with Gasteiger partial charge in [-0.15, -0.1) is 0 Å². The number of benzene rings is 1. The fourth-order valence-corrected chi connectivity index (χ4v) is 2.93. The Labute approximate surface area is 132 Å². The molecule has 1 saturated heterocycles. The van der Waals surface area contributed by atoms with Crippen molar-refractivity contribution in [2.45, 2.75) is 25.9 Å². The minimum atomic E-state index is -0.290. The van der Waals surface area contributed by atoms with Crippen LogP contribution in [0, 0.1) is 5.82 Å². The predicted molar refractivity (Wildman–Crippen MR) is 86.3 cm³/mol. The van der Waals surface area contributed by atoms with Gasteiger partial charge in [-0.2, -0.15) is 0 Å². The molecule has 0 radical (unpaired) electrons. The lowest BCUT2D eigenvalue weighted by molar-refractivity contribution is 0.0618. The lowest BCUT2D eigenvalue weighted by atomic mass is 10.0. The molecule has 1 aromatic rings. The Morgan fingerprint density at radius 1 is 1.24 bits per heavy atom. The Balaban J connectivity index is 1.84. The maximum Gasteiger partial charge on any atom is 0.124 e. The highest BCUT2D eigenvalue weighted by atomic mass is 35.5. The van der Waals surface area contributed by atoms with Crippen LogP contribution in [-0.2, 0) is 6.54 Å². The average molecular weight is 314 g/mol. The molecule has 1 N–H and O–H groups in total. The SMILES string of the molecule is CN1CCN(C(C)(C)CNCc2ccc(F)cc2Cl)CC1. The summed E-state index contributed by atoms with van der Waals surface area (Å²) in [5.74, 6) is -0.290. The monoisotopic (exact) mass is 313 g/mol. The van der Waals surface area contributed by atoms with Crippen LogP contribution in [0.3, 0.4) is 0 Å². The van der Waals surface area contributed by atoms with Gasteiger partial charge in [0.1, 0.15) is 5.82 Å². The van der Waals surface area contributed by atoms with Crippen molar-refractivity contribution in [3.05, 3.63) is 34.6 Å². The van der Waals surface area contributed by atoms with Crippen molar-refractivity contribution in [3.63, 3.8) is 0 Å². The van der Waals surface area contributed by atoms with E-state index in [4.69, 9.17) is 11.6 Å². The first-order chi connectivity index (χ1) is 9.88.